The highest BCUT2D eigenvalue weighted by atomic mass is 16.5. The molecule has 2 fully saturated rings. The number of aromatic nitrogens is 2. The SMILES string of the molecule is c1cc2n(n1)CC(CN1CCCC1)CN(CC1CCOCC1)C2. The van der Waals surface area contributed by atoms with Crippen LogP contribution in [-0.4, -0.2) is 65.5 Å². The number of likely N-dealkylation sites (tertiary alicyclic amines) is 1. The molecule has 0 aliphatic carbocycles. The third-order valence-corrected chi connectivity index (χ3v) is 5.71. The Bertz CT molecular complexity index is 491. The van der Waals surface area contributed by atoms with E-state index in [1.54, 1.807) is 0 Å². The summed E-state index contributed by atoms with van der Waals surface area (Å²) in [6.07, 6.45) is 7.19. The molecule has 0 radical (unpaired) electrons. The van der Waals surface area contributed by atoms with Crippen molar-refractivity contribution in [2.75, 3.05) is 45.9 Å². The van der Waals surface area contributed by atoms with Crippen LogP contribution in [0, 0.1) is 11.8 Å². The molecule has 128 valence electrons. The standard InChI is InChI=1S/C18H30N4O/c1-2-8-20(7-1)12-17-13-21(11-16-4-9-23-10-5-16)15-18-3-6-19-22(18)14-17/h3,6,16-17H,1-2,4-5,7-15H2. The second-order valence-corrected chi connectivity index (χ2v) is 7.63. The second-order valence-electron chi connectivity index (χ2n) is 7.63. The van der Waals surface area contributed by atoms with Crippen molar-refractivity contribution in [3.05, 3.63) is 18.0 Å². The quantitative estimate of drug-likeness (QED) is 0.848. The predicted octanol–water partition coefficient (Wildman–Crippen LogP) is 1.84. The lowest BCUT2D eigenvalue weighted by atomic mass is 9.99. The van der Waals surface area contributed by atoms with Crippen molar-refractivity contribution >= 4 is 0 Å². The zero-order valence-corrected chi connectivity index (χ0v) is 14.2. The first kappa shape index (κ1) is 15.6. The molecule has 0 spiro atoms. The summed E-state index contributed by atoms with van der Waals surface area (Å²) in [4.78, 5) is 5.35. The van der Waals surface area contributed by atoms with Gasteiger partial charge in [-0.3, -0.25) is 9.58 Å². The molecule has 5 nitrogen and oxygen atoms in total. The van der Waals surface area contributed by atoms with Crippen molar-refractivity contribution in [3.8, 4) is 0 Å². The highest BCUT2D eigenvalue weighted by Gasteiger charge is 2.27. The fourth-order valence-electron chi connectivity index (χ4n) is 4.50. The van der Waals surface area contributed by atoms with E-state index in [0.29, 0.717) is 5.92 Å². The molecule has 1 unspecified atom stereocenters. The minimum atomic E-state index is 0.703. The van der Waals surface area contributed by atoms with Crippen LogP contribution in [0.15, 0.2) is 12.3 Å². The molecule has 2 saturated heterocycles. The Balaban J connectivity index is 1.42. The van der Waals surface area contributed by atoms with Gasteiger partial charge in [-0.1, -0.05) is 0 Å². The molecule has 0 N–H and O–H groups in total. The van der Waals surface area contributed by atoms with E-state index in [-0.39, 0.29) is 0 Å². The molecular formula is C18H30N4O. The van der Waals surface area contributed by atoms with Gasteiger partial charge in [0.1, 0.15) is 0 Å². The van der Waals surface area contributed by atoms with Crippen LogP contribution in [0.25, 0.3) is 0 Å². The molecule has 3 aliphatic rings. The fourth-order valence-corrected chi connectivity index (χ4v) is 4.50. The van der Waals surface area contributed by atoms with E-state index in [4.69, 9.17) is 4.74 Å². The molecule has 5 heteroatoms. The Labute approximate surface area is 139 Å². The van der Waals surface area contributed by atoms with Crippen LogP contribution < -0.4 is 0 Å². The average molecular weight is 318 g/mol. The van der Waals surface area contributed by atoms with Crippen LogP contribution in [0.5, 0.6) is 0 Å². The highest BCUT2D eigenvalue weighted by molar-refractivity contribution is 5.02. The molecule has 0 bridgehead atoms. The maximum absolute atomic E-state index is 5.53. The van der Waals surface area contributed by atoms with Gasteiger partial charge in [-0.25, -0.2) is 0 Å². The first-order valence-corrected chi connectivity index (χ1v) is 9.40. The number of rotatable bonds is 4. The van der Waals surface area contributed by atoms with E-state index in [1.807, 2.05) is 6.20 Å². The van der Waals surface area contributed by atoms with Gasteiger partial charge >= 0.3 is 0 Å². The zero-order valence-electron chi connectivity index (χ0n) is 14.2. The molecule has 1 atom stereocenters. The molecule has 4 heterocycles. The van der Waals surface area contributed by atoms with Crippen molar-refractivity contribution in [3.63, 3.8) is 0 Å². The Morgan fingerprint density at radius 2 is 1.78 bits per heavy atom. The monoisotopic (exact) mass is 318 g/mol. The van der Waals surface area contributed by atoms with Crippen LogP contribution in [0.4, 0.5) is 0 Å². The topological polar surface area (TPSA) is 33.5 Å². The Morgan fingerprint density at radius 1 is 1.00 bits per heavy atom. The van der Waals surface area contributed by atoms with Crippen molar-refractivity contribution < 1.29 is 4.74 Å². The van der Waals surface area contributed by atoms with Crippen molar-refractivity contribution in [1.82, 2.24) is 19.6 Å². The molecule has 1 aromatic heterocycles. The van der Waals surface area contributed by atoms with E-state index < -0.39 is 0 Å². The lowest BCUT2D eigenvalue weighted by molar-refractivity contribution is 0.0485. The summed E-state index contributed by atoms with van der Waals surface area (Å²) in [7, 11) is 0. The third kappa shape index (κ3) is 3.95. The maximum atomic E-state index is 5.53. The minimum Gasteiger partial charge on any atom is -0.381 e. The number of fused-ring (bicyclic) bond motifs is 1. The zero-order chi connectivity index (χ0) is 15.5. The first-order valence-electron chi connectivity index (χ1n) is 9.40. The van der Waals surface area contributed by atoms with E-state index in [9.17, 15) is 0 Å². The van der Waals surface area contributed by atoms with Crippen LogP contribution in [0.3, 0.4) is 0 Å². The number of ether oxygens (including phenoxy) is 1. The van der Waals surface area contributed by atoms with Crippen LogP contribution in [0.2, 0.25) is 0 Å². The van der Waals surface area contributed by atoms with E-state index in [0.717, 1.165) is 32.2 Å². The van der Waals surface area contributed by atoms with Gasteiger partial charge in [-0.05, 0) is 50.8 Å². The number of hydrogen-bond donors (Lipinski definition) is 0. The predicted molar refractivity (Wildman–Crippen MR) is 90.2 cm³/mol. The minimum absolute atomic E-state index is 0.703. The van der Waals surface area contributed by atoms with E-state index in [1.165, 1.54) is 64.1 Å². The van der Waals surface area contributed by atoms with Gasteiger partial charge in [0.2, 0.25) is 0 Å². The fraction of sp³-hybridized carbons (Fsp3) is 0.833. The van der Waals surface area contributed by atoms with E-state index in [2.05, 4.69) is 25.6 Å². The lowest BCUT2D eigenvalue weighted by Gasteiger charge is -2.31. The van der Waals surface area contributed by atoms with Gasteiger partial charge < -0.3 is 9.64 Å². The molecule has 4 rings (SSSR count). The summed E-state index contributed by atoms with van der Waals surface area (Å²) >= 11 is 0. The maximum Gasteiger partial charge on any atom is 0.0524 e. The molecule has 0 amide bonds. The normalized spacial score (nSPS) is 27.9. The number of nitrogens with zero attached hydrogens (tertiary/aromatic N) is 4. The summed E-state index contributed by atoms with van der Waals surface area (Å²) in [6.45, 7) is 10.3. The van der Waals surface area contributed by atoms with Crippen LogP contribution in [0.1, 0.15) is 31.4 Å². The van der Waals surface area contributed by atoms with Gasteiger partial charge in [-0.2, -0.15) is 5.10 Å². The summed E-state index contributed by atoms with van der Waals surface area (Å²) < 4.78 is 7.78. The Kier molecular flexibility index (Phi) is 4.97. The molecule has 23 heavy (non-hydrogen) atoms. The smallest absolute Gasteiger partial charge is 0.0524 e. The van der Waals surface area contributed by atoms with Gasteiger partial charge in [0, 0.05) is 58.1 Å². The summed E-state index contributed by atoms with van der Waals surface area (Å²) in [5.41, 5.74) is 1.39. The van der Waals surface area contributed by atoms with Gasteiger partial charge in [0.15, 0.2) is 0 Å². The summed E-state index contributed by atoms with van der Waals surface area (Å²) in [5, 5.41) is 4.57. The van der Waals surface area contributed by atoms with Gasteiger partial charge in [-0.15, -0.1) is 0 Å². The molecular weight excluding hydrogens is 288 g/mol. The second kappa shape index (κ2) is 7.32. The van der Waals surface area contributed by atoms with E-state index >= 15 is 0 Å². The molecule has 0 aromatic carbocycles. The highest BCUT2D eigenvalue weighted by Crippen LogP contribution is 2.22. The Hall–Kier alpha value is -0.910. The lowest BCUT2D eigenvalue weighted by Crippen LogP contribution is -2.38. The molecule has 3 aliphatic heterocycles. The largest absolute Gasteiger partial charge is 0.381 e. The van der Waals surface area contributed by atoms with Gasteiger partial charge in [0.05, 0.1) is 5.69 Å². The average Bonchev–Trinajstić information content (AvgIpc) is 3.18. The molecule has 0 saturated carbocycles. The van der Waals surface area contributed by atoms with Crippen molar-refractivity contribution in [2.24, 2.45) is 11.8 Å². The van der Waals surface area contributed by atoms with Crippen LogP contribution in [-0.2, 0) is 17.8 Å². The summed E-state index contributed by atoms with van der Waals surface area (Å²) in [5.74, 6) is 1.51. The molecule has 1 aromatic rings. The summed E-state index contributed by atoms with van der Waals surface area (Å²) in [6, 6.07) is 2.20. The Morgan fingerprint density at radius 3 is 2.61 bits per heavy atom. The third-order valence-electron chi connectivity index (χ3n) is 5.71. The van der Waals surface area contributed by atoms with Crippen LogP contribution >= 0.6 is 0 Å². The van der Waals surface area contributed by atoms with Crippen molar-refractivity contribution in [2.45, 2.75) is 38.8 Å². The number of hydrogen-bond acceptors (Lipinski definition) is 4. The van der Waals surface area contributed by atoms with Crippen molar-refractivity contribution in [1.29, 1.82) is 0 Å². The first-order chi connectivity index (χ1) is 11.4. The van der Waals surface area contributed by atoms with Gasteiger partial charge in [0.25, 0.3) is 0 Å².